The number of thioether (sulfide) groups is 1. The lowest BCUT2D eigenvalue weighted by molar-refractivity contribution is -0.135. The van der Waals surface area contributed by atoms with E-state index >= 15 is 0 Å². The number of amides is 6. The summed E-state index contributed by atoms with van der Waals surface area (Å²) in [6, 6.07) is 26.1. The first-order chi connectivity index (χ1) is 32.7. The van der Waals surface area contributed by atoms with Gasteiger partial charge in [0.15, 0.2) is 5.78 Å². The van der Waals surface area contributed by atoms with Gasteiger partial charge in [-0.1, -0.05) is 75.1 Å². The average Bonchev–Trinajstić information content (AvgIpc) is 3.93. The number of rotatable bonds is 9. The molecule has 2 saturated heterocycles. The molecule has 6 amide bonds. The maximum absolute atomic E-state index is 12.7. The van der Waals surface area contributed by atoms with E-state index in [9.17, 15) is 37.1 Å². The molecule has 0 radical (unpaired) electrons. The second-order valence-corrected chi connectivity index (χ2v) is 19.1. The van der Waals surface area contributed by atoms with Gasteiger partial charge in [-0.05, 0) is 122 Å². The van der Waals surface area contributed by atoms with Crippen LogP contribution >= 0.6 is 11.8 Å². The Hall–Kier alpha value is -5.77. The van der Waals surface area contributed by atoms with Crippen LogP contribution in [0.4, 0.5) is 39.8 Å². The standard InChI is InChI=1S/C23H33N3O3.C22H27N3O2.C7H5F3NS/c1-2-6-21(27)19-9-11-20(12-10-19)24-23(29)26-14-5-13-25(15-16-26)22(28)17-18-7-3-4-8-18;26-21(18-7-2-3-8-18)24-12-5-13-25(15-14-24)22(27)23-20-11-10-17-6-1-4-9-19(17)16-20;8-7(9,10)12-6-3-1-5(11)2-4-6/h9-12,18H,2-8,13-17H2,1H3,(H,24,29);1,4,6,9-11,16,18H,2-3,5,7-8,12-15H2,(H,23,27);1-4,11H/q;;-1. The Kier molecular flexibility index (Phi) is 19.4. The number of carbonyl (C=O) groups excluding carboxylic acids is 5. The first kappa shape index (κ1) is 51.6. The minimum Gasteiger partial charge on any atom is -0.699 e. The summed E-state index contributed by atoms with van der Waals surface area (Å²) in [5.74, 6) is 1.43. The Morgan fingerprint density at radius 2 is 1.15 bits per heavy atom. The maximum atomic E-state index is 12.7. The third-order valence-electron chi connectivity index (χ3n) is 12.9. The smallest absolute Gasteiger partial charge is 0.446 e. The van der Waals surface area contributed by atoms with Crippen molar-refractivity contribution in [1.29, 1.82) is 0 Å². The number of nitrogens with one attached hydrogen (secondary N) is 3. The number of ketones is 1. The highest BCUT2D eigenvalue weighted by Crippen LogP contribution is 2.37. The van der Waals surface area contributed by atoms with Gasteiger partial charge < -0.3 is 36.0 Å². The van der Waals surface area contributed by atoms with Crippen LogP contribution < -0.4 is 10.6 Å². The summed E-state index contributed by atoms with van der Waals surface area (Å²) in [4.78, 5) is 70.1. The van der Waals surface area contributed by atoms with Crippen molar-refractivity contribution < 1.29 is 37.1 Å². The summed E-state index contributed by atoms with van der Waals surface area (Å²) >= 11 is -0.174. The molecule has 8 rings (SSSR count). The van der Waals surface area contributed by atoms with E-state index in [2.05, 4.69) is 16.7 Å². The van der Waals surface area contributed by atoms with Gasteiger partial charge in [-0.3, -0.25) is 14.4 Å². The molecular weight excluding hydrogens is 892 g/mol. The molecule has 0 bridgehead atoms. The zero-order valence-corrected chi connectivity index (χ0v) is 39.9. The number of anilines is 2. The molecule has 2 aliphatic heterocycles. The summed E-state index contributed by atoms with van der Waals surface area (Å²) < 4.78 is 35.3. The summed E-state index contributed by atoms with van der Waals surface area (Å²) in [5.41, 5.74) is 5.16. The molecule has 2 saturated carbocycles. The summed E-state index contributed by atoms with van der Waals surface area (Å²) in [6.45, 7) is 7.19. The van der Waals surface area contributed by atoms with Gasteiger partial charge in [-0.25, -0.2) is 9.59 Å². The normalized spacial score (nSPS) is 17.0. The van der Waals surface area contributed by atoms with Crippen LogP contribution in [0.15, 0.2) is 95.9 Å². The highest BCUT2D eigenvalue weighted by molar-refractivity contribution is 8.00. The third-order valence-corrected chi connectivity index (χ3v) is 13.6. The molecule has 0 aromatic heterocycles. The van der Waals surface area contributed by atoms with Crippen molar-refractivity contribution in [3.63, 3.8) is 0 Å². The van der Waals surface area contributed by atoms with Gasteiger partial charge in [0.2, 0.25) is 11.8 Å². The monoisotopic (exact) mass is 956 g/mol. The van der Waals surface area contributed by atoms with Crippen molar-refractivity contribution in [1.82, 2.24) is 19.6 Å². The van der Waals surface area contributed by atoms with Crippen LogP contribution in [0.2, 0.25) is 0 Å². The van der Waals surface area contributed by atoms with Crippen molar-refractivity contribution in [2.75, 3.05) is 63.0 Å². The van der Waals surface area contributed by atoms with Gasteiger partial charge in [-0.2, -0.15) is 13.2 Å². The van der Waals surface area contributed by atoms with E-state index in [1.54, 1.807) is 29.2 Å². The van der Waals surface area contributed by atoms with E-state index in [0.717, 1.165) is 61.7 Å². The number of fused-ring (bicyclic) bond motifs is 1. The van der Waals surface area contributed by atoms with E-state index < -0.39 is 5.51 Å². The largest absolute Gasteiger partial charge is 0.699 e. The lowest BCUT2D eigenvalue weighted by atomic mass is 10.0. The van der Waals surface area contributed by atoms with Crippen LogP contribution in [0.1, 0.15) is 101 Å². The zero-order chi connectivity index (χ0) is 48.5. The van der Waals surface area contributed by atoms with E-state index in [1.807, 2.05) is 58.0 Å². The van der Waals surface area contributed by atoms with Crippen LogP contribution in [0.5, 0.6) is 0 Å². The zero-order valence-electron chi connectivity index (χ0n) is 39.0. The molecule has 3 N–H and O–H groups in total. The number of halogens is 3. The van der Waals surface area contributed by atoms with Gasteiger partial charge >= 0.3 is 17.6 Å². The predicted molar refractivity (Wildman–Crippen MR) is 264 cm³/mol. The third kappa shape index (κ3) is 16.2. The number of nitrogens with zero attached hydrogens (tertiary/aromatic N) is 4. The first-order valence-corrected chi connectivity index (χ1v) is 24.9. The highest BCUT2D eigenvalue weighted by Gasteiger charge is 2.31. The quantitative estimate of drug-likeness (QED) is 0.126. The molecule has 0 spiro atoms. The lowest BCUT2D eigenvalue weighted by Crippen LogP contribution is -2.40. The van der Waals surface area contributed by atoms with E-state index in [0.29, 0.717) is 75.2 Å². The Morgan fingerprint density at radius 1 is 0.618 bits per heavy atom. The Labute approximate surface area is 402 Å². The minimum absolute atomic E-state index is 0.0829. The van der Waals surface area contributed by atoms with Gasteiger partial charge in [-0.15, -0.1) is 5.69 Å². The molecule has 2 heterocycles. The van der Waals surface area contributed by atoms with E-state index in [-0.39, 0.29) is 52.0 Å². The molecule has 2 aliphatic carbocycles. The number of hydrogen-bond acceptors (Lipinski definition) is 6. The maximum Gasteiger partial charge on any atom is 0.446 e. The molecule has 0 unspecified atom stereocenters. The SMILES string of the molecule is CCCC(=O)c1ccc(NC(=O)N2CCCN(C(=O)CC3CCCC3)CC2)cc1.O=C(Nc1ccc2ccccc2c1)N1CCCN(C(=O)C2CCCC2)CC1.[NH-]c1ccc(SC(F)(F)F)cc1. The molecule has 0 atom stereocenters. The van der Waals surface area contributed by atoms with Gasteiger partial charge in [0, 0.05) is 93.0 Å². The fraction of sp³-hybridized carbons (Fsp3) is 0.481. The van der Waals surface area contributed by atoms with Crippen LogP contribution in [0.3, 0.4) is 0 Å². The fourth-order valence-corrected chi connectivity index (χ4v) is 9.71. The number of carbonyl (C=O) groups is 5. The van der Waals surface area contributed by atoms with Crippen LogP contribution in [-0.4, -0.2) is 107 Å². The van der Waals surface area contributed by atoms with Crippen LogP contribution in [0.25, 0.3) is 16.5 Å². The Morgan fingerprint density at radius 3 is 1.76 bits per heavy atom. The first-order valence-electron chi connectivity index (χ1n) is 24.1. The molecule has 4 aromatic rings. The van der Waals surface area contributed by atoms with Crippen LogP contribution in [-0.2, 0) is 9.59 Å². The fourth-order valence-electron chi connectivity index (χ4n) is 9.17. The number of alkyl halides is 3. The number of benzene rings is 4. The number of Topliss-reactive ketones (excluding diaryl/α,β-unsaturated/α-hetero) is 1. The van der Waals surface area contributed by atoms with E-state index in [1.165, 1.54) is 62.8 Å². The summed E-state index contributed by atoms with van der Waals surface area (Å²) in [6.07, 6.45) is 12.9. The second-order valence-electron chi connectivity index (χ2n) is 18.0. The second kappa shape index (κ2) is 25.6. The Bertz CT molecular complexity index is 2290. The lowest BCUT2D eigenvalue weighted by Gasteiger charge is -2.24. The Balaban J connectivity index is 0.000000182. The number of hydrogen-bond donors (Lipinski definition) is 2. The molecule has 4 aromatic carbocycles. The summed E-state index contributed by atoms with van der Waals surface area (Å²) in [7, 11) is 0. The highest BCUT2D eigenvalue weighted by atomic mass is 32.2. The topological polar surface area (TPSA) is 146 Å². The van der Waals surface area contributed by atoms with Crippen LogP contribution in [0, 0.1) is 11.8 Å². The molecular formula is C52H65F3N7O5S-. The molecule has 4 fully saturated rings. The number of urea groups is 2. The van der Waals surface area contributed by atoms with Crippen molar-refractivity contribution in [2.24, 2.45) is 11.8 Å². The predicted octanol–water partition coefficient (Wildman–Crippen LogP) is 12.4. The van der Waals surface area contributed by atoms with Gasteiger partial charge in [0.1, 0.15) is 0 Å². The van der Waals surface area contributed by atoms with Gasteiger partial charge in [0.25, 0.3) is 0 Å². The molecule has 4 aliphatic rings. The van der Waals surface area contributed by atoms with Crippen molar-refractivity contribution in [3.8, 4) is 0 Å². The summed E-state index contributed by atoms with van der Waals surface area (Å²) in [5, 5.41) is 8.20. The van der Waals surface area contributed by atoms with Crippen molar-refractivity contribution in [3.05, 3.63) is 102 Å². The molecule has 16 heteroatoms. The molecule has 12 nitrogen and oxygen atoms in total. The van der Waals surface area contributed by atoms with Crippen molar-refractivity contribution in [2.45, 2.75) is 101 Å². The molecule has 68 heavy (non-hydrogen) atoms. The van der Waals surface area contributed by atoms with Gasteiger partial charge in [0.05, 0.1) is 0 Å². The van der Waals surface area contributed by atoms with E-state index in [4.69, 9.17) is 5.73 Å². The molecule has 366 valence electrons. The minimum atomic E-state index is -4.25. The van der Waals surface area contributed by atoms with Crippen molar-refractivity contribution >= 4 is 69.3 Å². The average molecular weight is 957 g/mol.